The molecule has 2 aromatic rings. The minimum atomic E-state index is 0.0759. The third-order valence-corrected chi connectivity index (χ3v) is 10.4. The molecular weight excluding hydrogens is 544 g/mol. The topological polar surface area (TPSA) is 95.1 Å². The molecule has 0 aliphatic heterocycles. The maximum atomic E-state index is 12.7. The van der Waals surface area contributed by atoms with Gasteiger partial charge in [0.25, 0.3) is 0 Å². The largest absolute Gasteiger partial charge is 0.493 e. The first-order valence-electron chi connectivity index (χ1n) is 16.2. The SMILES string of the molecule is COc1cc(NC(=O)C[C@@H]2C[C@H]3CC[C@H]2C3)ccc1OCCCOc1ccc(NC(=O)C[C@@H]2C[C@H]3CC[C@H]2C3)cc1OC. The van der Waals surface area contributed by atoms with E-state index in [1.54, 1.807) is 14.2 Å². The van der Waals surface area contributed by atoms with Gasteiger partial charge in [-0.2, -0.15) is 0 Å². The number of amides is 2. The lowest BCUT2D eigenvalue weighted by Crippen LogP contribution is -2.20. The summed E-state index contributed by atoms with van der Waals surface area (Å²) in [7, 11) is 3.20. The normalized spacial score (nSPS) is 26.7. The predicted octanol–water partition coefficient (Wildman–Crippen LogP) is 7.08. The molecule has 4 bridgehead atoms. The van der Waals surface area contributed by atoms with Crippen LogP contribution in [0.4, 0.5) is 11.4 Å². The van der Waals surface area contributed by atoms with Gasteiger partial charge in [-0.25, -0.2) is 0 Å². The van der Waals surface area contributed by atoms with Crippen LogP contribution in [0.3, 0.4) is 0 Å². The fraction of sp³-hybridized carbons (Fsp3) is 0.600. The quantitative estimate of drug-likeness (QED) is 0.228. The summed E-state index contributed by atoms with van der Waals surface area (Å²) in [6.45, 7) is 0.873. The van der Waals surface area contributed by atoms with Crippen molar-refractivity contribution in [3.05, 3.63) is 36.4 Å². The second kappa shape index (κ2) is 13.5. The molecule has 2 amide bonds. The Morgan fingerprint density at radius 1 is 0.651 bits per heavy atom. The third-order valence-electron chi connectivity index (χ3n) is 10.4. The number of methoxy groups -OCH3 is 2. The average molecular weight is 591 g/mol. The van der Waals surface area contributed by atoms with Crippen molar-refractivity contribution in [3.63, 3.8) is 0 Å². The lowest BCUT2D eigenvalue weighted by Gasteiger charge is -2.21. The summed E-state index contributed by atoms with van der Waals surface area (Å²) in [5, 5.41) is 6.08. The Morgan fingerprint density at radius 3 is 1.49 bits per heavy atom. The van der Waals surface area contributed by atoms with Crippen molar-refractivity contribution in [3.8, 4) is 23.0 Å². The molecule has 43 heavy (non-hydrogen) atoms. The Hall–Kier alpha value is -3.42. The lowest BCUT2D eigenvalue weighted by molar-refractivity contribution is -0.118. The van der Waals surface area contributed by atoms with Crippen LogP contribution >= 0.6 is 0 Å². The molecule has 0 spiro atoms. The van der Waals surface area contributed by atoms with Crippen molar-refractivity contribution in [2.75, 3.05) is 38.1 Å². The molecule has 0 aromatic heterocycles. The molecule has 0 unspecified atom stereocenters. The van der Waals surface area contributed by atoms with E-state index in [0.717, 1.165) is 35.0 Å². The van der Waals surface area contributed by atoms with Crippen molar-refractivity contribution in [2.45, 2.75) is 70.6 Å². The third kappa shape index (κ3) is 7.22. The standard InChI is InChI=1S/C35H46N2O6/c1-40-32-20-28(36-34(38)18-26-16-22-4-6-24(26)14-22)8-10-30(32)42-12-3-13-43-31-11-9-29(21-33(31)41-2)37-35(39)19-27-17-23-5-7-25(27)15-23/h8-11,20-27H,3-7,12-19H2,1-2H3,(H,36,38)(H,37,39)/t22-,23-,24-,25-,26-,27-/m0/s1. The Labute approximate surface area is 255 Å². The maximum Gasteiger partial charge on any atom is 0.224 e. The van der Waals surface area contributed by atoms with Gasteiger partial charge in [0.2, 0.25) is 11.8 Å². The number of ether oxygens (including phenoxy) is 4. The van der Waals surface area contributed by atoms with Gasteiger partial charge in [-0.3, -0.25) is 9.59 Å². The molecule has 4 aliphatic rings. The second-order valence-electron chi connectivity index (χ2n) is 13.2. The van der Waals surface area contributed by atoms with E-state index in [0.29, 0.717) is 67.3 Å². The smallest absolute Gasteiger partial charge is 0.224 e. The Kier molecular flexibility index (Phi) is 9.29. The number of carbonyl (C=O) groups is 2. The van der Waals surface area contributed by atoms with Crippen molar-refractivity contribution in [2.24, 2.45) is 35.5 Å². The van der Waals surface area contributed by atoms with Gasteiger partial charge < -0.3 is 29.6 Å². The van der Waals surface area contributed by atoms with E-state index in [4.69, 9.17) is 18.9 Å². The van der Waals surface area contributed by atoms with Crippen molar-refractivity contribution in [1.29, 1.82) is 0 Å². The Morgan fingerprint density at radius 2 is 1.12 bits per heavy atom. The molecule has 8 nitrogen and oxygen atoms in total. The molecule has 8 heteroatoms. The van der Waals surface area contributed by atoms with Crippen LogP contribution in [-0.4, -0.2) is 39.2 Å². The second-order valence-corrected chi connectivity index (χ2v) is 13.2. The van der Waals surface area contributed by atoms with E-state index < -0.39 is 0 Å². The van der Waals surface area contributed by atoms with Gasteiger partial charge in [-0.05, 0) is 98.3 Å². The van der Waals surface area contributed by atoms with Crippen LogP contribution < -0.4 is 29.6 Å². The average Bonchev–Trinajstić information content (AvgIpc) is 3.81. The van der Waals surface area contributed by atoms with Gasteiger partial charge in [-0.15, -0.1) is 0 Å². The molecule has 4 saturated carbocycles. The molecule has 4 aliphatic carbocycles. The highest BCUT2D eigenvalue weighted by Gasteiger charge is 2.41. The molecule has 6 rings (SSSR count). The van der Waals surface area contributed by atoms with E-state index in [2.05, 4.69) is 10.6 Å². The van der Waals surface area contributed by atoms with E-state index in [-0.39, 0.29) is 11.8 Å². The van der Waals surface area contributed by atoms with Gasteiger partial charge >= 0.3 is 0 Å². The van der Waals surface area contributed by atoms with Crippen LogP contribution in [0.2, 0.25) is 0 Å². The van der Waals surface area contributed by atoms with E-state index in [1.165, 1.54) is 51.4 Å². The van der Waals surface area contributed by atoms with Crippen molar-refractivity contribution in [1.82, 2.24) is 0 Å². The van der Waals surface area contributed by atoms with Gasteiger partial charge in [0.1, 0.15) is 0 Å². The Balaban J connectivity index is 0.923. The summed E-state index contributed by atoms with van der Waals surface area (Å²) >= 11 is 0. The summed E-state index contributed by atoms with van der Waals surface area (Å²) in [5.41, 5.74) is 1.44. The van der Waals surface area contributed by atoms with Gasteiger partial charge in [-0.1, -0.05) is 12.8 Å². The first kappa shape index (κ1) is 29.6. The number of hydrogen-bond donors (Lipinski definition) is 2. The van der Waals surface area contributed by atoms with E-state index in [9.17, 15) is 9.59 Å². The molecular formula is C35H46N2O6. The molecule has 2 N–H and O–H groups in total. The van der Waals surface area contributed by atoms with E-state index >= 15 is 0 Å². The van der Waals surface area contributed by atoms with Gasteiger partial charge in [0.15, 0.2) is 23.0 Å². The van der Waals surface area contributed by atoms with Crippen molar-refractivity contribution >= 4 is 23.2 Å². The monoisotopic (exact) mass is 590 g/mol. The number of carbonyl (C=O) groups excluding carboxylic acids is 2. The fourth-order valence-electron chi connectivity index (χ4n) is 8.31. The molecule has 6 atom stereocenters. The maximum absolute atomic E-state index is 12.7. The number of rotatable bonds is 14. The highest BCUT2D eigenvalue weighted by atomic mass is 16.5. The summed E-state index contributed by atoms with van der Waals surface area (Å²) < 4.78 is 23.0. The molecule has 232 valence electrons. The van der Waals surface area contributed by atoms with Crippen LogP contribution in [0, 0.1) is 35.5 Å². The molecule has 0 radical (unpaired) electrons. The molecule has 0 saturated heterocycles. The van der Waals surface area contributed by atoms with Crippen LogP contribution in [-0.2, 0) is 9.59 Å². The Bertz CT molecular complexity index is 1200. The first-order chi connectivity index (χ1) is 21.0. The summed E-state index contributed by atoms with van der Waals surface area (Å²) in [4.78, 5) is 25.3. The van der Waals surface area contributed by atoms with Crippen molar-refractivity contribution < 1.29 is 28.5 Å². The lowest BCUT2D eigenvalue weighted by atomic mass is 9.86. The van der Waals surface area contributed by atoms with E-state index in [1.807, 2.05) is 36.4 Å². The van der Waals surface area contributed by atoms with Crippen LogP contribution in [0.15, 0.2) is 36.4 Å². The zero-order valence-electron chi connectivity index (χ0n) is 25.6. The fourth-order valence-corrected chi connectivity index (χ4v) is 8.31. The summed E-state index contributed by atoms with van der Waals surface area (Å²) in [6, 6.07) is 11.0. The minimum absolute atomic E-state index is 0.0759. The number of anilines is 2. The number of benzene rings is 2. The van der Waals surface area contributed by atoms with Gasteiger partial charge in [0.05, 0.1) is 27.4 Å². The zero-order valence-corrected chi connectivity index (χ0v) is 25.6. The molecule has 2 aromatic carbocycles. The van der Waals surface area contributed by atoms with Gasteiger partial charge in [0, 0.05) is 42.8 Å². The van der Waals surface area contributed by atoms with Crippen LogP contribution in [0.5, 0.6) is 23.0 Å². The van der Waals surface area contributed by atoms with Crippen LogP contribution in [0.1, 0.15) is 70.6 Å². The minimum Gasteiger partial charge on any atom is -0.493 e. The van der Waals surface area contributed by atoms with Crippen LogP contribution in [0.25, 0.3) is 0 Å². The zero-order chi connectivity index (χ0) is 29.8. The summed E-state index contributed by atoms with van der Waals surface area (Å²) in [5.74, 6) is 6.78. The number of nitrogens with one attached hydrogen (secondary N) is 2. The highest BCUT2D eigenvalue weighted by molar-refractivity contribution is 5.92. The predicted molar refractivity (Wildman–Crippen MR) is 166 cm³/mol. The highest BCUT2D eigenvalue weighted by Crippen LogP contribution is 2.50. The first-order valence-corrected chi connectivity index (χ1v) is 16.2. The number of fused-ring (bicyclic) bond motifs is 4. The molecule has 4 fully saturated rings. The summed E-state index contributed by atoms with van der Waals surface area (Å²) in [6.07, 6.45) is 12.1. The molecule has 0 heterocycles. The number of hydrogen-bond acceptors (Lipinski definition) is 6.